The van der Waals surface area contributed by atoms with Crippen LogP contribution in [0.25, 0.3) is 60.5 Å². The van der Waals surface area contributed by atoms with Crippen LogP contribution in [-0.2, 0) is 10.8 Å². The molecule has 2 aliphatic heterocycles. The summed E-state index contributed by atoms with van der Waals surface area (Å²) >= 11 is 3.73. The Morgan fingerprint density at radius 1 is 0.359 bits per heavy atom. The Morgan fingerprint density at radius 2 is 0.815 bits per heavy atom. The Bertz CT molecular complexity index is 5400. The molecule has 2 nitrogen and oxygen atoms in total. The minimum Gasteiger partial charge on any atom is -0.308 e. The second-order valence-electron chi connectivity index (χ2n) is 26.0. The number of anilines is 6. The van der Waals surface area contributed by atoms with E-state index >= 15 is 0 Å². The summed E-state index contributed by atoms with van der Waals surface area (Å²) in [7, 11) is 0. The third kappa shape index (κ3) is 6.67. The number of para-hydroxylation sites is 4. The summed E-state index contributed by atoms with van der Waals surface area (Å²) in [6.45, 7) is 0. The fourth-order valence-electron chi connectivity index (χ4n) is 18.5. The van der Waals surface area contributed by atoms with Gasteiger partial charge in [0.15, 0.2) is 0 Å². The SMILES string of the molecule is C1=CC2c3ccc(-c4c5cc(N6c7ccccc7Sc7ccccc76)ccc5c(C5C=CC6=C(C5)C5(c7ccccc76)c6ccccc6-c6ccccc65)c5cc(N6c7ccccc7Sc7ccccc76)ccc45)cc3C3(c4ccccc4-c4ccccc43)C2C=C1. The van der Waals surface area contributed by atoms with Gasteiger partial charge in [-0.1, -0.05) is 254 Å². The topological polar surface area (TPSA) is 6.48 Å². The maximum Gasteiger partial charge on any atom is 0.0688 e. The lowest BCUT2D eigenvalue weighted by atomic mass is 9.65. The summed E-state index contributed by atoms with van der Waals surface area (Å²) in [6.07, 6.45) is 15.5. The first-order valence-electron chi connectivity index (χ1n) is 32.4. The highest BCUT2D eigenvalue weighted by Crippen LogP contribution is 2.68. The Hall–Kier alpha value is -10.4. The molecule has 92 heavy (non-hydrogen) atoms. The van der Waals surface area contributed by atoms with Crippen LogP contribution in [0.5, 0.6) is 0 Å². The van der Waals surface area contributed by atoms with Gasteiger partial charge in [-0.25, -0.2) is 0 Å². The Balaban J connectivity index is 0.871. The minimum atomic E-state index is -0.447. The van der Waals surface area contributed by atoms with Crippen molar-refractivity contribution in [1.29, 1.82) is 0 Å². The number of hydrogen-bond acceptors (Lipinski definition) is 4. The molecule has 6 aliphatic carbocycles. The van der Waals surface area contributed by atoms with E-state index in [4.69, 9.17) is 0 Å². The van der Waals surface area contributed by atoms with Gasteiger partial charge < -0.3 is 9.80 Å². The van der Waals surface area contributed by atoms with E-state index in [1.807, 2.05) is 23.5 Å². The molecule has 0 fully saturated rings. The van der Waals surface area contributed by atoms with Gasteiger partial charge in [-0.3, -0.25) is 0 Å². The van der Waals surface area contributed by atoms with Gasteiger partial charge in [-0.2, -0.15) is 0 Å². The highest BCUT2D eigenvalue weighted by atomic mass is 32.2. The lowest BCUT2D eigenvalue weighted by molar-refractivity contribution is 0.465. The predicted molar refractivity (Wildman–Crippen MR) is 382 cm³/mol. The average Bonchev–Trinajstić information content (AvgIpc) is 1.51. The zero-order valence-electron chi connectivity index (χ0n) is 50.1. The molecule has 0 aromatic heterocycles. The summed E-state index contributed by atoms with van der Waals surface area (Å²) in [5.74, 6) is 0.431. The Labute approximate surface area is 543 Å². The van der Waals surface area contributed by atoms with Crippen LogP contribution in [0.15, 0.2) is 335 Å². The lowest BCUT2D eigenvalue weighted by Gasteiger charge is -2.36. The van der Waals surface area contributed by atoms with Crippen LogP contribution in [0, 0.1) is 5.92 Å². The quantitative estimate of drug-likeness (QED) is 0.162. The van der Waals surface area contributed by atoms with Crippen LogP contribution in [0.2, 0.25) is 0 Å². The zero-order chi connectivity index (χ0) is 60.0. The second kappa shape index (κ2) is 19.1. The molecular formula is C88H56N2S2. The molecule has 2 spiro atoms. The highest BCUT2D eigenvalue weighted by Gasteiger charge is 2.58. The molecule has 4 heteroatoms. The highest BCUT2D eigenvalue weighted by molar-refractivity contribution is 8.00. The van der Waals surface area contributed by atoms with Crippen molar-refractivity contribution in [3.63, 3.8) is 0 Å². The van der Waals surface area contributed by atoms with Gasteiger partial charge in [-0.15, -0.1) is 0 Å². The first-order chi connectivity index (χ1) is 45.6. The number of allylic oxidation sites excluding steroid dienone is 8. The number of fused-ring (bicyclic) bond motifs is 25. The van der Waals surface area contributed by atoms with Crippen LogP contribution in [0.4, 0.5) is 34.1 Å². The monoisotopic (exact) mass is 1200 g/mol. The van der Waals surface area contributed by atoms with Crippen LogP contribution < -0.4 is 9.80 Å². The maximum absolute atomic E-state index is 2.66. The molecule has 0 amide bonds. The summed E-state index contributed by atoms with van der Waals surface area (Å²) in [5.41, 5.74) is 29.4. The number of benzene rings is 13. The van der Waals surface area contributed by atoms with Crippen molar-refractivity contribution >= 4 is 84.8 Å². The first-order valence-corrected chi connectivity index (χ1v) is 34.0. The van der Waals surface area contributed by atoms with Gasteiger partial charge >= 0.3 is 0 Å². The molecule has 0 N–H and O–H groups in total. The molecular weight excluding hydrogens is 1150 g/mol. The average molecular weight is 1210 g/mol. The smallest absolute Gasteiger partial charge is 0.0688 e. The maximum atomic E-state index is 2.66. The van der Waals surface area contributed by atoms with Crippen molar-refractivity contribution in [3.05, 3.63) is 365 Å². The molecule has 13 aromatic carbocycles. The van der Waals surface area contributed by atoms with E-state index in [1.165, 1.54) is 158 Å². The molecule has 0 radical (unpaired) electrons. The van der Waals surface area contributed by atoms with Gasteiger partial charge in [0, 0.05) is 48.7 Å². The second-order valence-corrected chi connectivity index (χ2v) is 28.1. The number of nitrogens with zero attached hydrogens (tertiary/aromatic N) is 2. The normalized spacial score (nSPS) is 18.6. The molecule has 3 atom stereocenters. The molecule has 430 valence electrons. The lowest BCUT2D eigenvalue weighted by Crippen LogP contribution is -2.32. The standard InChI is InChI=1S/C88H56N2S2/c1-7-27-69-57(21-1)58-22-2-8-28-70(58)87(69)73-31-11-5-25-61(73)63-45-41-53(49-75(63)87)85-65-47-43-56(90-79-35-15-19-39-83(79)92-84-40-20-16-36-80(84)90)52-68(65)86(66-48-44-55(51-67(66)85)89-77-33-13-17-37-81(77)91-82-38-18-14-34-78(82)89)54-42-46-64-62-26-6-12-32-74(62)88(76(64)50-54)71-29-9-3-23-59(71)60-24-4-10-30-72(60)88/h1-49,51-52,54,61,73H,50H2. The minimum absolute atomic E-state index is 0.000755. The first kappa shape index (κ1) is 51.4. The van der Waals surface area contributed by atoms with Gasteiger partial charge in [0.05, 0.1) is 33.6 Å². The third-order valence-electron chi connectivity index (χ3n) is 21.9. The fourth-order valence-corrected chi connectivity index (χ4v) is 20.6. The summed E-state index contributed by atoms with van der Waals surface area (Å²) in [4.78, 5) is 10.1. The van der Waals surface area contributed by atoms with Crippen molar-refractivity contribution in [1.82, 2.24) is 0 Å². The van der Waals surface area contributed by atoms with Gasteiger partial charge in [0.2, 0.25) is 0 Å². The van der Waals surface area contributed by atoms with E-state index in [0.29, 0.717) is 0 Å². The van der Waals surface area contributed by atoms with Gasteiger partial charge in [-0.05, 0) is 201 Å². The summed E-state index contributed by atoms with van der Waals surface area (Å²) < 4.78 is 0. The van der Waals surface area contributed by atoms with Crippen molar-refractivity contribution in [3.8, 4) is 33.4 Å². The van der Waals surface area contributed by atoms with Crippen molar-refractivity contribution in [2.75, 3.05) is 9.80 Å². The molecule has 3 unspecified atom stereocenters. The van der Waals surface area contributed by atoms with E-state index in [2.05, 4.69) is 319 Å². The van der Waals surface area contributed by atoms with E-state index in [-0.39, 0.29) is 17.8 Å². The molecule has 21 rings (SSSR count). The van der Waals surface area contributed by atoms with E-state index in [0.717, 1.165) is 17.8 Å². The van der Waals surface area contributed by atoms with Crippen LogP contribution in [0.1, 0.15) is 68.3 Å². The molecule has 8 aliphatic rings. The molecule has 13 aromatic rings. The van der Waals surface area contributed by atoms with Crippen LogP contribution in [-0.4, -0.2) is 0 Å². The van der Waals surface area contributed by atoms with E-state index in [1.54, 1.807) is 0 Å². The summed E-state index contributed by atoms with van der Waals surface area (Å²) in [6, 6.07) is 105. The largest absolute Gasteiger partial charge is 0.308 e. The number of rotatable bonds is 4. The van der Waals surface area contributed by atoms with Gasteiger partial charge in [0.25, 0.3) is 0 Å². The third-order valence-corrected chi connectivity index (χ3v) is 24.2. The number of hydrogen-bond donors (Lipinski definition) is 0. The van der Waals surface area contributed by atoms with Crippen molar-refractivity contribution in [2.24, 2.45) is 5.92 Å². The predicted octanol–water partition coefficient (Wildman–Crippen LogP) is 23.5. The van der Waals surface area contributed by atoms with Crippen molar-refractivity contribution < 1.29 is 0 Å². The van der Waals surface area contributed by atoms with E-state index < -0.39 is 10.8 Å². The Kier molecular flexibility index (Phi) is 10.7. The van der Waals surface area contributed by atoms with Gasteiger partial charge in [0.1, 0.15) is 0 Å². The fraction of sp³-hybridized carbons (Fsp3) is 0.0682. The molecule has 0 saturated carbocycles. The van der Waals surface area contributed by atoms with Crippen LogP contribution in [0.3, 0.4) is 0 Å². The van der Waals surface area contributed by atoms with Crippen LogP contribution >= 0.6 is 23.5 Å². The Morgan fingerprint density at radius 3 is 1.38 bits per heavy atom. The van der Waals surface area contributed by atoms with E-state index in [9.17, 15) is 0 Å². The summed E-state index contributed by atoms with van der Waals surface area (Å²) in [5, 5.41) is 5.06. The molecule has 0 bridgehead atoms. The van der Waals surface area contributed by atoms with Crippen molar-refractivity contribution in [2.45, 2.75) is 48.7 Å². The zero-order valence-corrected chi connectivity index (χ0v) is 51.7. The molecule has 2 heterocycles. The molecule has 0 saturated heterocycles.